The molecule has 0 aliphatic rings. The van der Waals surface area contributed by atoms with Crippen LogP contribution in [0.3, 0.4) is 0 Å². The average molecular weight is 447 g/mol. The Labute approximate surface area is 197 Å². The first-order chi connectivity index (χ1) is 15.7. The molecule has 0 spiro atoms. The van der Waals surface area contributed by atoms with Crippen molar-refractivity contribution in [2.45, 2.75) is 129 Å². The monoisotopic (exact) mass is 446 g/mol. The van der Waals surface area contributed by atoms with Crippen LogP contribution in [0.5, 0.6) is 0 Å². The zero-order valence-corrected chi connectivity index (χ0v) is 20.7. The summed E-state index contributed by atoms with van der Waals surface area (Å²) in [4.78, 5) is 23.7. The van der Waals surface area contributed by atoms with Crippen molar-refractivity contribution < 1.29 is 18.9 Å². The molecule has 0 aromatic carbocycles. The summed E-state index contributed by atoms with van der Waals surface area (Å²) < 4.78 is 7.13. The molecule has 0 aliphatic heterocycles. The third-order valence-electron chi connectivity index (χ3n) is 5.98. The molecule has 1 rings (SSSR count). The molecule has 0 N–H and O–H groups in total. The van der Waals surface area contributed by atoms with Crippen molar-refractivity contribution in [3.05, 3.63) is 30.6 Å². The lowest BCUT2D eigenvalue weighted by Gasteiger charge is -2.05. The van der Waals surface area contributed by atoms with Gasteiger partial charge in [0.15, 0.2) is 18.2 Å². The lowest BCUT2D eigenvalue weighted by Crippen LogP contribution is -2.36. The summed E-state index contributed by atoms with van der Waals surface area (Å²) in [5.41, 5.74) is 0. The van der Waals surface area contributed by atoms with Gasteiger partial charge in [-0.25, -0.2) is 0 Å². The van der Waals surface area contributed by atoms with Gasteiger partial charge in [-0.15, -0.1) is 0 Å². The molecule has 4 heteroatoms. The van der Waals surface area contributed by atoms with Gasteiger partial charge in [0.2, 0.25) is 6.54 Å². The maximum atomic E-state index is 11.9. The van der Waals surface area contributed by atoms with Crippen LogP contribution in [0.1, 0.15) is 122 Å². The maximum absolute atomic E-state index is 11.9. The van der Waals surface area contributed by atoms with Gasteiger partial charge in [0.25, 0.3) is 0 Å². The van der Waals surface area contributed by atoms with Crippen molar-refractivity contribution in [2.24, 2.45) is 0 Å². The first-order valence-corrected chi connectivity index (χ1v) is 13.3. The molecule has 0 saturated heterocycles. The van der Waals surface area contributed by atoms with Crippen LogP contribution in [0, 0.1) is 0 Å². The molecule has 1 aromatic heterocycles. The van der Waals surface area contributed by atoms with Crippen LogP contribution in [0.2, 0.25) is 0 Å². The molecule has 0 saturated carbocycles. The minimum atomic E-state index is -0.121. The summed E-state index contributed by atoms with van der Waals surface area (Å²) in [6.07, 6.45) is 25.2. The van der Waals surface area contributed by atoms with Crippen molar-refractivity contribution in [1.82, 2.24) is 0 Å². The van der Waals surface area contributed by atoms with Crippen LogP contribution in [0.25, 0.3) is 0 Å². The molecule has 1 aromatic rings. The Kier molecular flexibility index (Phi) is 18.7. The molecular weight excluding hydrogens is 398 g/mol. The van der Waals surface area contributed by atoms with E-state index >= 15 is 0 Å². The summed E-state index contributed by atoms with van der Waals surface area (Å²) in [6.45, 7) is 3.01. The fourth-order valence-electron chi connectivity index (χ4n) is 3.99. The van der Waals surface area contributed by atoms with Crippen molar-refractivity contribution in [3.8, 4) is 0 Å². The maximum Gasteiger partial charge on any atom is 0.305 e. The van der Waals surface area contributed by atoms with E-state index in [0.29, 0.717) is 32.4 Å². The van der Waals surface area contributed by atoms with Crippen LogP contribution >= 0.6 is 0 Å². The minimum Gasteiger partial charge on any atom is -0.466 e. The van der Waals surface area contributed by atoms with Crippen LogP contribution < -0.4 is 4.57 Å². The topological polar surface area (TPSA) is 47.3 Å². The smallest absolute Gasteiger partial charge is 0.305 e. The highest BCUT2D eigenvalue weighted by Crippen LogP contribution is 2.13. The number of aromatic nitrogens is 1. The third kappa shape index (κ3) is 17.9. The van der Waals surface area contributed by atoms with Gasteiger partial charge in [-0.05, 0) is 12.8 Å². The standard InChI is InChI=1S/C28H48NO3/c1-2-3-4-5-6-7-8-9-10-11-12-13-14-15-17-22-28(31)32-25-20-21-27(30)26-29-23-18-16-19-24-29/h16,18-19,23-24H,2-15,17,20-22,25-26H2,1H3/q+1. The Hall–Kier alpha value is -1.71. The molecule has 0 amide bonds. The van der Waals surface area contributed by atoms with E-state index in [2.05, 4.69) is 6.92 Å². The van der Waals surface area contributed by atoms with Gasteiger partial charge in [0.1, 0.15) is 0 Å². The van der Waals surface area contributed by atoms with Gasteiger partial charge in [-0.2, -0.15) is 4.57 Å². The van der Waals surface area contributed by atoms with Crippen LogP contribution in [0.15, 0.2) is 30.6 Å². The number of esters is 1. The zero-order chi connectivity index (χ0) is 23.1. The number of rotatable bonds is 22. The quantitative estimate of drug-likeness (QED) is 0.108. The lowest BCUT2D eigenvalue weighted by molar-refractivity contribution is -0.684. The molecule has 182 valence electrons. The molecular formula is C28H48NO3+. The second-order valence-corrected chi connectivity index (χ2v) is 9.11. The average Bonchev–Trinajstić information content (AvgIpc) is 2.80. The number of unbranched alkanes of at least 4 members (excludes halogenated alkanes) is 14. The van der Waals surface area contributed by atoms with E-state index in [4.69, 9.17) is 4.74 Å². The molecule has 0 radical (unpaired) electrons. The fourth-order valence-corrected chi connectivity index (χ4v) is 3.99. The van der Waals surface area contributed by atoms with Gasteiger partial charge >= 0.3 is 5.97 Å². The summed E-state index contributed by atoms with van der Waals surface area (Å²) in [7, 11) is 0. The highest BCUT2D eigenvalue weighted by molar-refractivity contribution is 5.76. The van der Waals surface area contributed by atoms with Gasteiger partial charge in [0.05, 0.1) is 6.61 Å². The predicted molar refractivity (Wildman–Crippen MR) is 131 cm³/mol. The number of pyridine rings is 1. The highest BCUT2D eigenvalue weighted by atomic mass is 16.5. The molecule has 0 unspecified atom stereocenters. The second kappa shape index (κ2) is 21.2. The van der Waals surface area contributed by atoms with Crippen molar-refractivity contribution >= 4 is 11.8 Å². The lowest BCUT2D eigenvalue weighted by atomic mass is 10.0. The first-order valence-electron chi connectivity index (χ1n) is 13.3. The van der Waals surface area contributed by atoms with Gasteiger partial charge in [-0.3, -0.25) is 9.59 Å². The number of ether oxygens (including phenoxy) is 1. The number of ketones is 1. The van der Waals surface area contributed by atoms with Crippen molar-refractivity contribution in [3.63, 3.8) is 0 Å². The van der Waals surface area contributed by atoms with E-state index in [0.717, 1.165) is 12.8 Å². The summed E-state index contributed by atoms with van der Waals surface area (Å²) in [5, 5.41) is 0. The summed E-state index contributed by atoms with van der Waals surface area (Å²) in [5.74, 6) is 0.0456. The van der Waals surface area contributed by atoms with Crippen molar-refractivity contribution in [2.75, 3.05) is 6.61 Å². The SMILES string of the molecule is CCCCCCCCCCCCCCCCCC(=O)OCCCC(=O)C[n+]1ccccc1. The molecule has 0 bridgehead atoms. The Morgan fingerprint density at radius 1 is 0.625 bits per heavy atom. The summed E-state index contributed by atoms with van der Waals surface area (Å²) in [6, 6.07) is 5.75. The Bertz CT molecular complexity index is 573. The molecule has 0 atom stereocenters. The first kappa shape index (κ1) is 28.3. The summed E-state index contributed by atoms with van der Waals surface area (Å²) >= 11 is 0. The minimum absolute atomic E-state index is 0.121. The fraction of sp³-hybridized carbons (Fsp3) is 0.750. The van der Waals surface area contributed by atoms with E-state index in [1.165, 1.54) is 83.5 Å². The van der Waals surface area contributed by atoms with E-state index in [1.807, 2.05) is 35.2 Å². The number of carbonyl (C=O) groups excluding carboxylic acids is 2. The van der Waals surface area contributed by atoms with Crippen LogP contribution in [0.4, 0.5) is 0 Å². The zero-order valence-electron chi connectivity index (χ0n) is 20.7. The van der Waals surface area contributed by atoms with E-state index in [-0.39, 0.29) is 11.8 Å². The molecule has 32 heavy (non-hydrogen) atoms. The number of nitrogens with zero attached hydrogens (tertiary/aromatic N) is 1. The van der Waals surface area contributed by atoms with Crippen molar-refractivity contribution in [1.29, 1.82) is 0 Å². The molecule has 4 nitrogen and oxygen atoms in total. The number of carbonyl (C=O) groups is 2. The van der Waals surface area contributed by atoms with Crippen LogP contribution in [-0.2, 0) is 20.9 Å². The van der Waals surface area contributed by atoms with E-state index in [9.17, 15) is 9.59 Å². The highest BCUT2D eigenvalue weighted by Gasteiger charge is 2.09. The van der Waals surface area contributed by atoms with E-state index in [1.54, 1.807) is 0 Å². The second-order valence-electron chi connectivity index (χ2n) is 9.11. The third-order valence-corrected chi connectivity index (χ3v) is 5.98. The molecule has 0 aliphatic carbocycles. The van der Waals surface area contributed by atoms with Gasteiger partial charge in [-0.1, -0.05) is 103 Å². The number of hydrogen-bond acceptors (Lipinski definition) is 3. The Balaban J connectivity index is 1.79. The number of hydrogen-bond donors (Lipinski definition) is 0. The largest absolute Gasteiger partial charge is 0.466 e. The predicted octanol–water partition coefficient (Wildman–Crippen LogP) is 7.13. The van der Waals surface area contributed by atoms with Gasteiger partial charge in [0, 0.05) is 25.0 Å². The normalized spacial score (nSPS) is 10.9. The Morgan fingerprint density at radius 3 is 1.66 bits per heavy atom. The van der Waals surface area contributed by atoms with Gasteiger partial charge < -0.3 is 4.74 Å². The Morgan fingerprint density at radius 2 is 1.12 bits per heavy atom. The molecule has 0 fully saturated rings. The van der Waals surface area contributed by atoms with E-state index < -0.39 is 0 Å². The molecule has 1 heterocycles. The van der Waals surface area contributed by atoms with Crippen LogP contribution in [-0.4, -0.2) is 18.4 Å². The number of Topliss-reactive ketones (excluding diaryl/α,β-unsaturated/α-hetero) is 1.